The van der Waals surface area contributed by atoms with Gasteiger partial charge in [0, 0.05) is 26.2 Å². The van der Waals surface area contributed by atoms with E-state index in [1.54, 1.807) is 5.57 Å². The summed E-state index contributed by atoms with van der Waals surface area (Å²) in [6.07, 6.45) is 16.6. The molecule has 0 radical (unpaired) electrons. The lowest BCUT2D eigenvalue weighted by Gasteiger charge is -2.58. The number of fused-ring (bicyclic) bond motifs is 5. The maximum Gasteiger partial charge on any atom is 0.338 e. The number of carbonyl (C=O) groups excluding carboxylic acids is 1. The highest BCUT2D eigenvalue weighted by molar-refractivity contribution is 5.89. The first-order chi connectivity index (χ1) is 22.5. The van der Waals surface area contributed by atoms with E-state index < -0.39 is 0 Å². The third-order valence-corrected chi connectivity index (χ3v) is 13.3. The number of azo groups is 1. The number of esters is 1. The minimum absolute atomic E-state index is 0.0423. The zero-order chi connectivity index (χ0) is 33.3. The summed E-state index contributed by atoms with van der Waals surface area (Å²) >= 11 is 0. The zero-order valence-corrected chi connectivity index (χ0v) is 30.2. The van der Waals surface area contributed by atoms with E-state index in [9.17, 15) is 4.79 Å². The van der Waals surface area contributed by atoms with Crippen molar-refractivity contribution in [3.8, 4) is 0 Å². The highest BCUT2D eigenvalue weighted by Crippen LogP contribution is 2.67. The number of hydrogen-bond donors (Lipinski definition) is 0. The Labute approximate surface area is 284 Å². The van der Waals surface area contributed by atoms with Gasteiger partial charge in [-0.25, -0.2) is 4.79 Å². The standard InChI is InChI=1S/C42H59N3O2/c1-28(2)9-8-10-29(3)37-21-22-38-36-20-13-31-27-35(23-25-41(31,4)39(36)24-26-42(37,38)5)47-40(46)30-11-14-32(15-12-30)43-44-33-16-18-34(19-17-33)45(6)7/h11-19,28-29,35-39H,8-10,20-27H2,1-7H3/t29-,35?,36+,37?,38+,39+,41+,42-/m1/s1. The second-order valence-corrected chi connectivity index (χ2v) is 16.7. The van der Waals surface area contributed by atoms with E-state index in [0.29, 0.717) is 16.7 Å². The Bertz CT molecular complexity index is 1440. The van der Waals surface area contributed by atoms with Gasteiger partial charge < -0.3 is 9.64 Å². The highest BCUT2D eigenvalue weighted by Gasteiger charge is 2.59. The maximum absolute atomic E-state index is 13.2. The molecule has 0 saturated heterocycles. The van der Waals surface area contributed by atoms with Gasteiger partial charge in [-0.2, -0.15) is 10.2 Å². The normalized spacial score (nSPS) is 32.3. The Morgan fingerprint density at radius 2 is 1.55 bits per heavy atom. The molecule has 254 valence electrons. The van der Waals surface area contributed by atoms with Crippen molar-refractivity contribution < 1.29 is 9.53 Å². The number of benzene rings is 2. The molecular weight excluding hydrogens is 578 g/mol. The predicted octanol–water partition coefficient (Wildman–Crippen LogP) is 11.7. The first-order valence-corrected chi connectivity index (χ1v) is 18.7. The Balaban J connectivity index is 1.05. The second-order valence-electron chi connectivity index (χ2n) is 16.7. The molecule has 8 atom stereocenters. The lowest BCUT2D eigenvalue weighted by atomic mass is 9.47. The second kappa shape index (κ2) is 13.9. The first kappa shape index (κ1) is 33.9. The van der Waals surface area contributed by atoms with Crippen LogP contribution >= 0.6 is 0 Å². The molecule has 3 fully saturated rings. The summed E-state index contributed by atoms with van der Waals surface area (Å²) in [5.74, 6) is 4.80. The number of ether oxygens (including phenoxy) is 1. The van der Waals surface area contributed by atoms with E-state index in [1.165, 1.54) is 51.4 Å². The summed E-state index contributed by atoms with van der Waals surface area (Å²) in [6.45, 7) is 12.5. The van der Waals surface area contributed by atoms with Crippen LogP contribution in [0.2, 0.25) is 0 Å². The molecule has 47 heavy (non-hydrogen) atoms. The number of allylic oxidation sites excluding steroid dienone is 1. The van der Waals surface area contributed by atoms with Gasteiger partial charge in [0.25, 0.3) is 0 Å². The summed E-state index contributed by atoms with van der Waals surface area (Å²) in [5.41, 5.74) is 5.54. The SMILES string of the molecule is CC(C)CCC[C@@H](C)C1CC[C@H]2[C@@H]3CC=C4CC(OC(=O)c5ccc(N=Nc6ccc(N(C)C)cc6)cc5)CC[C@]4(C)[C@H]3CC[C@]12C. The van der Waals surface area contributed by atoms with Gasteiger partial charge in [-0.15, -0.1) is 0 Å². The van der Waals surface area contributed by atoms with Crippen molar-refractivity contribution >= 4 is 23.0 Å². The summed E-state index contributed by atoms with van der Waals surface area (Å²) in [6, 6.07) is 15.2. The van der Waals surface area contributed by atoms with Crippen molar-refractivity contribution in [3.63, 3.8) is 0 Å². The smallest absolute Gasteiger partial charge is 0.338 e. The van der Waals surface area contributed by atoms with Crippen LogP contribution in [0.3, 0.4) is 0 Å². The molecule has 0 aliphatic heterocycles. The van der Waals surface area contributed by atoms with Crippen molar-refractivity contribution in [3.05, 3.63) is 65.7 Å². The van der Waals surface area contributed by atoms with Crippen molar-refractivity contribution in [2.75, 3.05) is 19.0 Å². The van der Waals surface area contributed by atoms with Gasteiger partial charge in [-0.3, -0.25) is 0 Å². The molecule has 0 N–H and O–H groups in total. The molecule has 4 aliphatic rings. The molecule has 4 aliphatic carbocycles. The van der Waals surface area contributed by atoms with Crippen molar-refractivity contribution in [1.82, 2.24) is 0 Å². The summed E-state index contributed by atoms with van der Waals surface area (Å²) < 4.78 is 6.14. The number of anilines is 1. The Hall–Kier alpha value is -2.95. The topological polar surface area (TPSA) is 54.3 Å². The third-order valence-electron chi connectivity index (χ3n) is 13.3. The Morgan fingerprint density at radius 1 is 0.872 bits per heavy atom. The van der Waals surface area contributed by atoms with Gasteiger partial charge in [0.15, 0.2) is 0 Å². The van der Waals surface area contributed by atoms with E-state index >= 15 is 0 Å². The monoisotopic (exact) mass is 637 g/mol. The van der Waals surface area contributed by atoms with Crippen molar-refractivity contribution in [2.45, 2.75) is 111 Å². The number of hydrogen-bond acceptors (Lipinski definition) is 5. The molecule has 0 aromatic heterocycles. The molecule has 2 unspecified atom stereocenters. The highest BCUT2D eigenvalue weighted by atomic mass is 16.5. The summed E-state index contributed by atoms with van der Waals surface area (Å²) in [7, 11) is 4.03. The number of rotatable bonds is 10. The van der Waals surface area contributed by atoms with Gasteiger partial charge in [-0.05, 0) is 140 Å². The fourth-order valence-electron chi connectivity index (χ4n) is 10.6. The fraction of sp³-hybridized carbons (Fsp3) is 0.643. The predicted molar refractivity (Wildman–Crippen MR) is 194 cm³/mol. The quantitative estimate of drug-likeness (QED) is 0.148. The summed E-state index contributed by atoms with van der Waals surface area (Å²) in [5, 5.41) is 8.71. The zero-order valence-electron chi connectivity index (χ0n) is 30.2. The molecule has 3 saturated carbocycles. The third kappa shape index (κ3) is 6.97. The van der Waals surface area contributed by atoms with E-state index in [1.807, 2.05) is 62.6 Å². The van der Waals surface area contributed by atoms with Crippen LogP contribution in [-0.2, 0) is 4.74 Å². The average Bonchev–Trinajstić information content (AvgIpc) is 3.41. The average molecular weight is 638 g/mol. The minimum Gasteiger partial charge on any atom is -0.458 e. The van der Waals surface area contributed by atoms with Crippen molar-refractivity contribution in [2.24, 2.45) is 56.6 Å². The molecule has 2 aromatic carbocycles. The van der Waals surface area contributed by atoms with E-state index in [0.717, 1.165) is 66.1 Å². The van der Waals surface area contributed by atoms with Crippen LogP contribution in [-0.4, -0.2) is 26.2 Å². The van der Waals surface area contributed by atoms with Crippen LogP contribution in [0.1, 0.15) is 116 Å². The minimum atomic E-state index is -0.233. The lowest BCUT2D eigenvalue weighted by molar-refractivity contribution is -0.0594. The lowest BCUT2D eigenvalue weighted by Crippen LogP contribution is -2.51. The number of carbonyl (C=O) groups is 1. The van der Waals surface area contributed by atoms with Gasteiger partial charge in [0.1, 0.15) is 6.10 Å². The molecule has 0 bridgehead atoms. The van der Waals surface area contributed by atoms with Gasteiger partial charge in [-0.1, -0.05) is 65.5 Å². The molecule has 0 spiro atoms. The van der Waals surface area contributed by atoms with Gasteiger partial charge >= 0.3 is 5.97 Å². The van der Waals surface area contributed by atoms with E-state index in [-0.39, 0.29) is 17.5 Å². The summed E-state index contributed by atoms with van der Waals surface area (Å²) in [4.78, 5) is 15.3. The van der Waals surface area contributed by atoms with Gasteiger partial charge in [0.05, 0.1) is 16.9 Å². The van der Waals surface area contributed by atoms with E-state index in [2.05, 4.69) is 55.8 Å². The fourth-order valence-corrected chi connectivity index (χ4v) is 10.6. The van der Waals surface area contributed by atoms with Crippen molar-refractivity contribution in [1.29, 1.82) is 0 Å². The Kier molecular flexibility index (Phi) is 10.0. The maximum atomic E-state index is 13.2. The molecule has 5 nitrogen and oxygen atoms in total. The Morgan fingerprint density at radius 3 is 2.21 bits per heavy atom. The van der Waals surface area contributed by atoms with Crippen LogP contribution in [0, 0.1) is 46.3 Å². The molecule has 5 heteroatoms. The molecular formula is C42H59N3O2. The van der Waals surface area contributed by atoms with Gasteiger partial charge in [0.2, 0.25) is 0 Å². The number of nitrogens with zero attached hydrogens (tertiary/aromatic N) is 3. The van der Waals surface area contributed by atoms with E-state index in [4.69, 9.17) is 4.74 Å². The largest absolute Gasteiger partial charge is 0.458 e. The van der Waals surface area contributed by atoms with Crippen LogP contribution in [0.25, 0.3) is 0 Å². The van der Waals surface area contributed by atoms with Crippen LogP contribution in [0.4, 0.5) is 17.1 Å². The van der Waals surface area contributed by atoms with Crippen LogP contribution in [0.5, 0.6) is 0 Å². The molecule has 0 heterocycles. The van der Waals surface area contributed by atoms with Crippen LogP contribution in [0.15, 0.2) is 70.4 Å². The molecule has 2 aromatic rings. The molecule has 0 amide bonds. The first-order valence-electron chi connectivity index (χ1n) is 18.7. The molecule has 6 rings (SSSR count). The van der Waals surface area contributed by atoms with Crippen LogP contribution < -0.4 is 4.90 Å².